The van der Waals surface area contributed by atoms with Gasteiger partial charge in [0.05, 0.1) is 13.2 Å². The molecule has 4 rings (SSSR count). The van der Waals surface area contributed by atoms with Crippen LogP contribution in [-0.4, -0.2) is 59.1 Å². The lowest BCUT2D eigenvalue weighted by Gasteiger charge is -2.43. The Hall–Kier alpha value is -2.48. The Morgan fingerprint density at radius 3 is 2.71 bits per heavy atom. The van der Waals surface area contributed by atoms with Crippen molar-refractivity contribution in [1.82, 2.24) is 15.1 Å². The van der Waals surface area contributed by atoms with E-state index in [4.69, 9.17) is 4.74 Å². The SMILES string of the molecule is CCCCCNC(=O)C1CCC(CN2C(=O)C3SC=CC3N(Cc3cccc(OC)c3)C2=O)CC1. The van der Waals surface area contributed by atoms with Gasteiger partial charge in [0.25, 0.3) is 0 Å². The first-order valence-corrected chi connectivity index (χ1v) is 13.8. The summed E-state index contributed by atoms with van der Waals surface area (Å²) in [6.07, 6.45) is 8.62. The van der Waals surface area contributed by atoms with E-state index >= 15 is 0 Å². The number of urea groups is 1. The highest BCUT2D eigenvalue weighted by Crippen LogP contribution is 2.37. The molecule has 1 aromatic carbocycles. The zero-order valence-corrected chi connectivity index (χ0v) is 21.6. The first-order chi connectivity index (χ1) is 17.0. The minimum Gasteiger partial charge on any atom is -0.497 e. The van der Waals surface area contributed by atoms with Gasteiger partial charge < -0.3 is 15.0 Å². The van der Waals surface area contributed by atoms with Crippen molar-refractivity contribution in [2.24, 2.45) is 11.8 Å². The maximum absolute atomic E-state index is 13.5. The number of thioether (sulfide) groups is 1. The molecule has 2 unspecified atom stereocenters. The van der Waals surface area contributed by atoms with Crippen molar-refractivity contribution in [2.45, 2.75) is 69.7 Å². The van der Waals surface area contributed by atoms with Crippen LogP contribution in [-0.2, 0) is 16.1 Å². The van der Waals surface area contributed by atoms with E-state index in [0.717, 1.165) is 62.8 Å². The molecule has 7 nitrogen and oxygen atoms in total. The number of methoxy groups -OCH3 is 1. The molecule has 2 heterocycles. The first kappa shape index (κ1) is 25.6. The van der Waals surface area contributed by atoms with Gasteiger partial charge in [0.2, 0.25) is 11.8 Å². The van der Waals surface area contributed by atoms with Gasteiger partial charge in [-0.15, -0.1) is 11.8 Å². The van der Waals surface area contributed by atoms with Crippen molar-refractivity contribution in [3.05, 3.63) is 41.3 Å². The fraction of sp³-hybridized carbons (Fsp3) is 0.593. The minimum absolute atomic E-state index is 0.0455. The van der Waals surface area contributed by atoms with E-state index in [1.54, 1.807) is 7.11 Å². The highest BCUT2D eigenvalue weighted by molar-refractivity contribution is 8.03. The standard InChI is InChI=1S/C27H37N3O4S/c1-3-4-5-14-28-25(31)21-11-9-19(10-12-21)17-30-26(32)24-23(13-15-35-24)29(27(30)33)18-20-7-6-8-22(16-20)34-2/h6-8,13,15-16,19,21,23-24H,3-5,9-12,14,17-18H2,1-2H3,(H,28,31). The summed E-state index contributed by atoms with van der Waals surface area (Å²) < 4.78 is 5.34. The van der Waals surface area contributed by atoms with E-state index in [0.29, 0.717) is 13.1 Å². The van der Waals surface area contributed by atoms with Gasteiger partial charge in [-0.05, 0) is 61.1 Å². The lowest BCUT2D eigenvalue weighted by molar-refractivity contribution is -0.132. The van der Waals surface area contributed by atoms with Crippen molar-refractivity contribution in [2.75, 3.05) is 20.2 Å². The molecule has 1 aliphatic carbocycles. The molecule has 0 bridgehead atoms. The lowest BCUT2D eigenvalue weighted by Crippen LogP contribution is -2.62. The Morgan fingerprint density at radius 1 is 1.17 bits per heavy atom. The van der Waals surface area contributed by atoms with Gasteiger partial charge in [-0.2, -0.15) is 0 Å². The van der Waals surface area contributed by atoms with E-state index in [2.05, 4.69) is 12.2 Å². The van der Waals surface area contributed by atoms with Crippen LogP contribution in [0.15, 0.2) is 35.7 Å². The zero-order valence-electron chi connectivity index (χ0n) is 20.8. The monoisotopic (exact) mass is 499 g/mol. The van der Waals surface area contributed by atoms with Crippen molar-refractivity contribution in [3.8, 4) is 5.75 Å². The highest BCUT2D eigenvalue weighted by Gasteiger charge is 2.47. The van der Waals surface area contributed by atoms with Gasteiger partial charge >= 0.3 is 6.03 Å². The molecule has 2 atom stereocenters. The van der Waals surface area contributed by atoms with Gasteiger partial charge in [-0.1, -0.05) is 38.0 Å². The number of carbonyl (C=O) groups is 3. The second-order valence-corrected chi connectivity index (χ2v) is 10.9. The number of fused-ring (bicyclic) bond motifs is 1. The van der Waals surface area contributed by atoms with Crippen LogP contribution in [0, 0.1) is 11.8 Å². The number of unbranched alkanes of at least 4 members (excludes halogenated alkanes) is 2. The molecule has 35 heavy (non-hydrogen) atoms. The van der Waals surface area contributed by atoms with Gasteiger partial charge in [-0.25, -0.2) is 4.79 Å². The normalized spacial score (nSPS) is 26.1. The quantitative estimate of drug-likeness (QED) is 0.477. The van der Waals surface area contributed by atoms with Crippen LogP contribution < -0.4 is 10.1 Å². The molecule has 3 aliphatic rings. The summed E-state index contributed by atoms with van der Waals surface area (Å²) in [5.74, 6) is 1.10. The number of ether oxygens (including phenoxy) is 1. The maximum Gasteiger partial charge on any atom is 0.327 e. The maximum atomic E-state index is 13.5. The second-order valence-electron chi connectivity index (χ2n) is 9.80. The number of amides is 4. The number of imide groups is 1. The third-order valence-corrected chi connectivity index (χ3v) is 8.47. The zero-order chi connectivity index (χ0) is 24.8. The molecular weight excluding hydrogens is 462 g/mol. The molecule has 1 saturated carbocycles. The first-order valence-electron chi connectivity index (χ1n) is 12.9. The predicted molar refractivity (Wildman–Crippen MR) is 138 cm³/mol. The van der Waals surface area contributed by atoms with Gasteiger partial charge in [-0.3, -0.25) is 14.5 Å². The summed E-state index contributed by atoms with van der Waals surface area (Å²) in [4.78, 5) is 42.6. The molecule has 0 spiro atoms. The van der Waals surface area contributed by atoms with Crippen LogP contribution in [0.1, 0.15) is 57.4 Å². The fourth-order valence-electron chi connectivity index (χ4n) is 5.30. The highest BCUT2D eigenvalue weighted by atomic mass is 32.2. The third-order valence-electron chi connectivity index (χ3n) is 7.38. The average Bonchev–Trinajstić information content (AvgIpc) is 3.37. The van der Waals surface area contributed by atoms with Crippen LogP contribution in [0.3, 0.4) is 0 Å². The minimum atomic E-state index is -0.288. The van der Waals surface area contributed by atoms with Crippen LogP contribution in [0.5, 0.6) is 5.75 Å². The molecule has 2 aliphatic heterocycles. The molecule has 4 amide bonds. The van der Waals surface area contributed by atoms with Crippen molar-refractivity contribution >= 4 is 29.6 Å². The lowest BCUT2D eigenvalue weighted by atomic mass is 9.81. The van der Waals surface area contributed by atoms with E-state index < -0.39 is 0 Å². The predicted octanol–water partition coefficient (Wildman–Crippen LogP) is 4.57. The number of hydrogen-bond acceptors (Lipinski definition) is 5. The van der Waals surface area contributed by atoms with Crippen molar-refractivity contribution in [3.63, 3.8) is 0 Å². The summed E-state index contributed by atoms with van der Waals surface area (Å²) >= 11 is 1.50. The van der Waals surface area contributed by atoms with E-state index in [1.807, 2.05) is 40.6 Å². The average molecular weight is 500 g/mol. The van der Waals surface area contributed by atoms with Crippen molar-refractivity contribution in [1.29, 1.82) is 0 Å². The van der Waals surface area contributed by atoms with E-state index in [1.165, 1.54) is 16.7 Å². The van der Waals surface area contributed by atoms with E-state index in [-0.39, 0.29) is 41.0 Å². The molecule has 0 aromatic heterocycles. The van der Waals surface area contributed by atoms with Crippen LogP contribution in [0.25, 0.3) is 0 Å². The Bertz CT molecular complexity index is 944. The molecule has 0 radical (unpaired) electrons. The summed E-state index contributed by atoms with van der Waals surface area (Å²) in [6.45, 7) is 3.76. The third kappa shape index (κ3) is 6.02. The topological polar surface area (TPSA) is 79.0 Å². The molecule has 190 valence electrons. The summed E-state index contributed by atoms with van der Waals surface area (Å²) in [7, 11) is 1.63. The number of nitrogens with zero attached hydrogens (tertiary/aromatic N) is 2. The Morgan fingerprint density at radius 2 is 1.97 bits per heavy atom. The molecule has 2 fully saturated rings. The van der Waals surface area contributed by atoms with Crippen molar-refractivity contribution < 1.29 is 19.1 Å². The van der Waals surface area contributed by atoms with Gasteiger partial charge in [0, 0.05) is 25.6 Å². The molecule has 8 heteroatoms. The van der Waals surface area contributed by atoms with Crippen LogP contribution in [0.4, 0.5) is 4.79 Å². The summed E-state index contributed by atoms with van der Waals surface area (Å²) in [5, 5.41) is 4.73. The van der Waals surface area contributed by atoms with Crippen LogP contribution >= 0.6 is 11.8 Å². The smallest absolute Gasteiger partial charge is 0.327 e. The fourth-order valence-corrected chi connectivity index (χ4v) is 6.36. The summed E-state index contributed by atoms with van der Waals surface area (Å²) in [5.41, 5.74) is 0.974. The Kier molecular flexibility index (Phi) is 8.76. The molecule has 1 aromatic rings. The number of carbonyl (C=O) groups excluding carboxylic acids is 3. The Balaban J connectivity index is 1.36. The van der Waals surface area contributed by atoms with Gasteiger partial charge in [0.1, 0.15) is 11.0 Å². The van der Waals surface area contributed by atoms with E-state index in [9.17, 15) is 14.4 Å². The van der Waals surface area contributed by atoms with Gasteiger partial charge in [0.15, 0.2) is 0 Å². The molecule has 1 N–H and O–H groups in total. The largest absolute Gasteiger partial charge is 0.497 e. The number of hydrogen-bond donors (Lipinski definition) is 1. The number of benzene rings is 1. The Labute approximate surface area is 212 Å². The molecular formula is C27H37N3O4S. The number of nitrogens with one attached hydrogen (secondary N) is 1. The molecule has 1 saturated heterocycles. The van der Waals surface area contributed by atoms with Crippen LogP contribution in [0.2, 0.25) is 0 Å². The second kappa shape index (κ2) is 12.0. The number of rotatable bonds is 10. The summed E-state index contributed by atoms with van der Waals surface area (Å²) in [6, 6.07) is 7.26.